The third kappa shape index (κ3) is 45.0. The Morgan fingerprint density at radius 3 is 1.05 bits per heavy atom. The van der Waals surface area contributed by atoms with E-state index in [2.05, 4.69) is 82.9 Å². The van der Waals surface area contributed by atoms with Crippen molar-refractivity contribution >= 4 is 62.6 Å². The van der Waals surface area contributed by atoms with Crippen molar-refractivity contribution < 1.29 is 75.3 Å². The predicted molar refractivity (Wildman–Crippen MR) is 250 cm³/mol. The normalized spacial score (nSPS) is 11.1. The van der Waals surface area contributed by atoms with Gasteiger partial charge in [-0.3, -0.25) is 23.3 Å². The lowest BCUT2D eigenvalue weighted by Crippen LogP contribution is -2.32. The van der Waals surface area contributed by atoms with Crippen LogP contribution in [0, 0.1) is 0 Å². The summed E-state index contributed by atoms with van der Waals surface area (Å²) < 4.78 is 67.8. The molecular weight excluding hydrogens is 943 g/mol. The third-order valence-corrected chi connectivity index (χ3v) is 11.4. The van der Waals surface area contributed by atoms with Crippen LogP contribution in [0.3, 0.4) is 0 Å². The second kappa shape index (κ2) is 40.2. The van der Waals surface area contributed by atoms with Gasteiger partial charge in [0, 0.05) is 65.8 Å². The molecule has 0 aromatic rings. The van der Waals surface area contributed by atoms with E-state index >= 15 is 0 Å². The van der Waals surface area contributed by atoms with Crippen molar-refractivity contribution in [2.24, 2.45) is 0 Å². The summed E-state index contributed by atoms with van der Waals surface area (Å²) in [6.45, 7) is 33.1. The smallest absolute Gasteiger partial charge is 0.333 e. The molecule has 0 radical (unpaired) electrons. The number of amides is 2. The Morgan fingerprint density at radius 1 is 0.590 bits per heavy atom. The Bertz CT molecular complexity index is 1350. The number of hydrogen-bond donors (Lipinski definition) is 4. The van der Waals surface area contributed by atoms with Gasteiger partial charge in [0.15, 0.2) is 0 Å². The van der Waals surface area contributed by atoms with Gasteiger partial charge in [-0.25, -0.2) is 4.79 Å². The number of rotatable bonds is 28. The summed E-state index contributed by atoms with van der Waals surface area (Å²) in [5, 5.41) is 11.6. The Kier molecular flexibility index (Phi) is 45.2. The van der Waals surface area contributed by atoms with E-state index in [0.29, 0.717) is 37.3 Å². The predicted octanol–water partition coefficient (Wildman–Crippen LogP) is 6.48. The molecule has 19 nitrogen and oxygen atoms in total. The number of aliphatic carboxylic acids is 1. The van der Waals surface area contributed by atoms with Crippen LogP contribution in [-0.2, 0) is 60.4 Å². The highest BCUT2D eigenvalue weighted by atomic mass is 79.9. The number of hydrogen-bond acceptors (Lipinski definition) is 14. The molecule has 0 saturated carbocycles. The van der Waals surface area contributed by atoms with Crippen molar-refractivity contribution in [2.45, 2.75) is 61.2 Å². The maximum absolute atomic E-state index is 11.9. The van der Waals surface area contributed by atoms with Gasteiger partial charge in [0.1, 0.15) is 6.69 Å². The van der Waals surface area contributed by atoms with Gasteiger partial charge >= 0.3 is 28.8 Å². The summed E-state index contributed by atoms with van der Waals surface area (Å²) in [7, 11) is -4.93. The highest BCUT2D eigenvalue weighted by Crippen LogP contribution is 2.46. The SMILES string of the molecule is C=C(COCCP(=O)(O)O)C(=O)N(CC)CC.C=C(COCCP(=O)(OC)OC)C(=O)N(CC)CC.C=C(COCCP(=O)(OC)OC)C(=O)O.CCNCC.C[Si](C)(C)Br. The average Bonchev–Trinajstić information content (AvgIpc) is 3.20. The maximum Gasteiger partial charge on any atom is 0.333 e. The quantitative estimate of drug-likeness (QED) is 0.0215. The molecular formula is C37H79BrN3O16P3Si. The molecule has 0 aromatic carbocycles. The molecule has 2 amide bonds. The summed E-state index contributed by atoms with van der Waals surface area (Å²) in [6.07, 6.45) is -0.126. The lowest BCUT2D eigenvalue weighted by atomic mass is 10.2. The second-order valence-electron chi connectivity index (χ2n) is 13.0. The zero-order valence-electron chi connectivity index (χ0n) is 39.0. The number of carboxylic acid groups (broad SMARTS) is 1. The van der Waals surface area contributed by atoms with E-state index in [4.69, 9.17) is 38.2 Å². The molecule has 0 aliphatic carbocycles. The van der Waals surface area contributed by atoms with E-state index in [1.54, 1.807) is 9.80 Å². The van der Waals surface area contributed by atoms with Crippen molar-refractivity contribution in [3.63, 3.8) is 0 Å². The number of halogens is 1. The van der Waals surface area contributed by atoms with E-state index in [9.17, 15) is 28.1 Å². The number of nitrogens with zero attached hydrogens (tertiary/aromatic N) is 2. The summed E-state index contributed by atoms with van der Waals surface area (Å²) in [5.74, 6) is -1.42. The first-order valence-corrected chi connectivity index (χ1v) is 30.6. The van der Waals surface area contributed by atoms with Crippen molar-refractivity contribution in [1.82, 2.24) is 15.1 Å². The van der Waals surface area contributed by atoms with Crippen molar-refractivity contribution in [2.75, 3.05) is 126 Å². The van der Waals surface area contributed by atoms with Crippen LogP contribution in [-0.4, -0.2) is 175 Å². The second-order valence-corrected chi connectivity index (χ2v) is 30.9. The Hall–Kier alpha value is -1.38. The molecule has 0 aliphatic rings. The number of carboxylic acids is 1. The van der Waals surface area contributed by atoms with Gasteiger partial charge in [-0.2, -0.15) is 0 Å². The lowest BCUT2D eigenvalue weighted by Gasteiger charge is -2.20. The van der Waals surface area contributed by atoms with E-state index in [-0.39, 0.29) is 75.5 Å². The van der Waals surface area contributed by atoms with Crippen LogP contribution in [0.15, 0.2) is 36.5 Å². The molecule has 0 bridgehead atoms. The fourth-order valence-corrected chi connectivity index (χ4v) is 5.64. The van der Waals surface area contributed by atoms with Gasteiger partial charge < -0.3 is 62.3 Å². The van der Waals surface area contributed by atoms with Crippen LogP contribution in [0.25, 0.3) is 0 Å². The fraction of sp³-hybridized carbons (Fsp3) is 0.757. The standard InChI is InChI=1S/C12H24NO5P.C10H20NO5P.C8H15O6P.C4H11N.C3H9BrSi/c1-6-13(7-2)12(14)11(3)10-18-8-9-19(15,16-4)17-5;1-4-11(5-2)10(12)9(3)8-16-6-7-17(13,14)15;1-7(8(9)10)6-14-4-5-15(11,12-2)13-3;1-3-5-4-2;1-5(2,3)4/h3,6-10H2,1-2,4-5H3;3-8H2,1-2H3,(H2,13,14,15);1,4-6H2,2-3H3,(H,9,10);5H,3-4H2,1-2H3;1-3H3. The minimum Gasteiger partial charge on any atom is -0.478 e. The summed E-state index contributed by atoms with van der Waals surface area (Å²) >= 11 is 3.51. The number of nitrogens with one attached hydrogen (secondary N) is 1. The molecule has 0 aromatic heterocycles. The minimum atomic E-state index is -4.03. The van der Waals surface area contributed by atoms with Gasteiger partial charge in [0.2, 0.25) is 0 Å². The van der Waals surface area contributed by atoms with Crippen molar-refractivity contribution in [3.05, 3.63) is 36.5 Å². The van der Waals surface area contributed by atoms with Crippen LogP contribution in [0.2, 0.25) is 19.6 Å². The monoisotopic (exact) mass is 1020 g/mol. The Balaban J connectivity index is -0.000000231. The van der Waals surface area contributed by atoms with E-state index < -0.39 is 35.4 Å². The van der Waals surface area contributed by atoms with Crippen LogP contribution in [0.1, 0.15) is 41.5 Å². The van der Waals surface area contributed by atoms with Crippen LogP contribution in [0.4, 0.5) is 0 Å². The number of ether oxygens (including phenoxy) is 3. The molecule has 0 atom stereocenters. The number of carbonyl (C=O) groups excluding carboxylic acids is 2. The first kappa shape index (κ1) is 68.7. The Morgan fingerprint density at radius 2 is 0.852 bits per heavy atom. The zero-order chi connectivity index (χ0) is 48.9. The first-order valence-electron chi connectivity index (χ1n) is 19.5. The first-order chi connectivity index (χ1) is 28.1. The van der Waals surface area contributed by atoms with Gasteiger partial charge in [0.05, 0.1) is 63.7 Å². The zero-order valence-corrected chi connectivity index (χ0v) is 44.3. The topological polar surface area (TPSA) is 246 Å². The van der Waals surface area contributed by atoms with Crippen molar-refractivity contribution in [1.29, 1.82) is 0 Å². The average molecular weight is 1020 g/mol. The highest BCUT2D eigenvalue weighted by molar-refractivity contribution is 9.26. The molecule has 61 heavy (non-hydrogen) atoms. The van der Waals surface area contributed by atoms with Gasteiger partial charge in [-0.15, -0.1) is 15.3 Å². The molecule has 364 valence electrons. The third-order valence-electron chi connectivity index (χ3n) is 7.00. The summed E-state index contributed by atoms with van der Waals surface area (Å²) in [4.78, 5) is 54.3. The number of carbonyl (C=O) groups is 3. The summed E-state index contributed by atoms with van der Waals surface area (Å²) in [6, 6.07) is 0. The van der Waals surface area contributed by atoms with Crippen LogP contribution < -0.4 is 5.32 Å². The largest absolute Gasteiger partial charge is 0.478 e. The molecule has 0 aliphatic heterocycles. The lowest BCUT2D eigenvalue weighted by molar-refractivity contribution is -0.133. The van der Waals surface area contributed by atoms with E-state index in [1.165, 1.54) is 28.4 Å². The van der Waals surface area contributed by atoms with Crippen LogP contribution in [0.5, 0.6) is 0 Å². The van der Waals surface area contributed by atoms with Gasteiger partial charge in [-0.05, 0) is 40.8 Å². The van der Waals surface area contributed by atoms with Gasteiger partial charge in [-0.1, -0.05) is 53.2 Å². The molecule has 0 unspecified atom stereocenters. The molecule has 0 spiro atoms. The molecule has 4 N–H and O–H groups in total. The van der Waals surface area contributed by atoms with Crippen molar-refractivity contribution in [3.8, 4) is 0 Å². The van der Waals surface area contributed by atoms with Crippen LogP contribution >= 0.6 is 38.1 Å². The van der Waals surface area contributed by atoms with Gasteiger partial charge in [0.25, 0.3) is 11.8 Å². The number of likely N-dealkylation sites (N-methyl/N-ethyl adjacent to an activating group) is 2. The molecule has 0 fully saturated rings. The fourth-order valence-electron chi connectivity index (χ4n) is 3.54. The molecule has 24 heteroatoms. The minimum absolute atomic E-state index is 0.00463. The van der Waals surface area contributed by atoms with E-state index in [0.717, 1.165) is 13.1 Å². The molecule has 0 heterocycles. The maximum atomic E-state index is 11.9. The van der Waals surface area contributed by atoms with E-state index in [1.807, 2.05) is 27.7 Å². The molecule has 0 rings (SSSR count). The Labute approximate surface area is 375 Å². The summed E-state index contributed by atoms with van der Waals surface area (Å²) in [5.41, 5.74) is 0.618. The molecule has 0 saturated heterocycles. The highest BCUT2D eigenvalue weighted by Gasteiger charge is 2.22.